The number of nitrogens with one attached hydrogen (secondary N) is 1. The summed E-state index contributed by atoms with van der Waals surface area (Å²) in [6.45, 7) is 7.77. The van der Waals surface area contributed by atoms with Crippen LogP contribution in [-0.4, -0.2) is 22.9 Å². The minimum atomic E-state index is -0.861. The van der Waals surface area contributed by atoms with Crippen LogP contribution >= 0.6 is 0 Å². The van der Waals surface area contributed by atoms with Gasteiger partial charge in [0.05, 0.1) is 0 Å². The van der Waals surface area contributed by atoms with Crippen molar-refractivity contribution in [3.05, 3.63) is 95.7 Å². The molecule has 5 heteroatoms. The molecule has 1 fully saturated rings. The molecule has 3 rings (SSSR count). The lowest BCUT2D eigenvalue weighted by Gasteiger charge is -2.34. The normalized spacial score (nSPS) is 15.4. The molecule has 1 atom stereocenters. The van der Waals surface area contributed by atoms with E-state index in [1.807, 2.05) is 68.4 Å². The van der Waals surface area contributed by atoms with Crippen LogP contribution in [0.25, 0.3) is 0 Å². The van der Waals surface area contributed by atoms with Gasteiger partial charge in [0.25, 0.3) is 0 Å². The van der Waals surface area contributed by atoms with Crippen LogP contribution in [0.4, 0.5) is 4.79 Å². The summed E-state index contributed by atoms with van der Waals surface area (Å²) in [5.41, 5.74) is 3.11. The van der Waals surface area contributed by atoms with E-state index in [1.54, 1.807) is 12.2 Å². The summed E-state index contributed by atoms with van der Waals surface area (Å²) >= 11 is 0. The largest absolute Gasteiger partial charge is 0.444 e. The van der Waals surface area contributed by atoms with Crippen molar-refractivity contribution in [1.29, 1.82) is 0 Å². The maximum atomic E-state index is 13.7. The molecule has 2 aromatic carbocycles. The SMILES string of the molecule is C=C/C(=C\C)N(C(=O)OCc1ccccc1)C(C(=O)NC1CCCCC1)c1ccccc1C. The van der Waals surface area contributed by atoms with Crippen LogP contribution in [0.2, 0.25) is 0 Å². The van der Waals surface area contributed by atoms with Crippen molar-refractivity contribution in [2.75, 3.05) is 0 Å². The van der Waals surface area contributed by atoms with E-state index < -0.39 is 12.1 Å². The van der Waals surface area contributed by atoms with Gasteiger partial charge in [-0.05, 0) is 49.5 Å². The third-order valence-electron chi connectivity index (χ3n) is 6.13. The van der Waals surface area contributed by atoms with Crippen molar-refractivity contribution in [3.63, 3.8) is 0 Å². The van der Waals surface area contributed by atoms with E-state index in [-0.39, 0.29) is 18.6 Å². The number of benzene rings is 2. The smallest absolute Gasteiger partial charge is 0.415 e. The molecule has 2 amide bonds. The molecule has 0 radical (unpaired) electrons. The van der Waals surface area contributed by atoms with Crippen LogP contribution in [0, 0.1) is 6.92 Å². The summed E-state index contributed by atoms with van der Waals surface area (Å²) in [6, 6.07) is 16.4. The number of hydrogen-bond donors (Lipinski definition) is 1. The Labute approximate surface area is 197 Å². The molecule has 0 bridgehead atoms. The van der Waals surface area contributed by atoms with Gasteiger partial charge in [-0.1, -0.05) is 86.5 Å². The number of carbonyl (C=O) groups is 2. The van der Waals surface area contributed by atoms with E-state index in [9.17, 15) is 9.59 Å². The van der Waals surface area contributed by atoms with Crippen molar-refractivity contribution in [2.45, 2.75) is 64.6 Å². The summed E-state index contributed by atoms with van der Waals surface area (Å²) in [5.74, 6) is -0.200. The predicted molar refractivity (Wildman–Crippen MR) is 131 cm³/mol. The number of carbonyl (C=O) groups excluding carboxylic acids is 2. The van der Waals surface area contributed by atoms with Crippen molar-refractivity contribution in [3.8, 4) is 0 Å². The fourth-order valence-electron chi connectivity index (χ4n) is 4.32. The molecule has 5 nitrogen and oxygen atoms in total. The van der Waals surface area contributed by atoms with E-state index in [4.69, 9.17) is 4.74 Å². The average molecular weight is 447 g/mol. The molecular weight excluding hydrogens is 412 g/mol. The Balaban J connectivity index is 1.95. The quantitative estimate of drug-likeness (QED) is 0.490. The number of aryl methyl sites for hydroxylation is 1. The Morgan fingerprint density at radius 1 is 1.09 bits per heavy atom. The molecule has 174 valence electrons. The summed E-state index contributed by atoms with van der Waals surface area (Å²) < 4.78 is 5.68. The zero-order valence-electron chi connectivity index (χ0n) is 19.6. The summed E-state index contributed by atoms with van der Waals surface area (Å²) in [4.78, 5) is 28.6. The van der Waals surface area contributed by atoms with Gasteiger partial charge in [-0.15, -0.1) is 0 Å². The van der Waals surface area contributed by atoms with Gasteiger partial charge in [-0.3, -0.25) is 9.69 Å². The first kappa shape index (κ1) is 24.3. The van der Waals surface area contributed by atoms with Crippen molar-refractivity contribution in [1.82, 2.24) is 10.2 Å². The molecule has 0 saturated heterocycles. The highest BCUT2D eigenvalue weighted by Gasteiger charge is 2.36. The Hall–Kier alpha value is -3.34. The molecule has 0 aromatic heterocycles. The van der Waals surface area contributed by atoms with Crippen LogP contribution in [0.15, 0.2) is 79.0 Å². The second-order valence-electron chi connectivity index (χ2n) is 8.43. The fraction of sp³-hybridized carbons (Fsp3) is 0.357. The van der Waals surface area contributed by atoms with Crippen LogP contribution in [0.3, 0.4) is 0 Å². The fourth-order valence-corrected chi connectivity index (χ4v) is 4.32. The highest BCUT2D eigenvalue weighted by Crippen LogP contribution is 2.30. The second kappa shape index (κ2) is 12.0. The van der Waals surface area contributed by atoms with E-state index in [0.29, 0.717) is 5.70 Å². The van der Waals surface area contributed by atoms with E-state index >= 15 is 0 Å². The van der Waals surface area contributed by atoms with Gasteiger partial charge >= 0.3 is 6.09 Å². The van der Waals surface area contributed by atoms with Crippen molar-refractivity contribution < 1.29 is 14.3 Å². The number of allylic oxidation sites excluding steroid dienone is 2. The van der Waals surface area contributed by atoms with E-state index in [2.05, 4.69) is 11.9 Å². The Kier molecular flexibility index (Phi) is 8.87. The molecule has 0 spiro atoms. The topological polar surface area (TPSA) is 58.6 Å². The summed E-state index contributed by atoms with van der Waals surface area (Å²) in [7, 11) is 0. The maximum Gasteiger partial charge on any atom is 0.415 e. The van der Waals surface area contributed by atoms with Crippen molar-refractivity contribution >= 4 is 12.0 Å². The highest BCUT2D eigenvalue weighted by atomic mass is 16.6. The minimum Gasteiger partial charge on any atom is -0.444 e. The van der Waals surface area contributed by atoms with Crippen LogP contribution in [0.1, 0.15) is 61.8 Å². The average Bonchev–Trinajstić information content (AvgIpc) is 2.85. The minimum absolute atomic E-state index is 0.120. The summed E-state index contributed by atoms with van der Waals surface area (Å²) in [5, 5.41) is 3.21. The molecule has 1 aliphatic rings. The Morgan fingerprint density at radius 3 is 2.39 bits per heavy atom. The number of amides is 2. The monoisotopic (exact) mass is 446 g/mol. The molecule has 33 heavy (non-hydrogen) atoms. The summed E-state index contributed by atoms with van der Waals surface area (Å²) in [6.07, 6.45) is 8.11. The Morgan fingerprint density at radius 2 is 1.76 bits per heavy atom. The van der Waals surface area contributed by atoms with Gasteiger partial charge in [0, 0.05) is 11.7 Å². The zero-order chi connectivity index (χ0) is 23.6. The molecule has 0 heterocycles. The zero-order valence-corrected chi connectivity index (χ0v) is 19.6. The number of hydrogen-bond acceptors (Lipinski definition) is 3. The lowest BCUT2D eigenvalue weighted by Crippen LogP contribution is -2.46. The van der Waals surface area contributed by atoms with Crippen LogP contribution in [0.5, 0.6) is 0 Å². The molecule has 0 aliphatic heterocycles. The number of ether oxygens (including phenoxy) is 1. The molecule has 1 unspecified atom stereocenters. The van der Waals surface area contributed by atoms with Crippen LogP contribution in [-0.2, 0) is 16.1 Å². The second-order valence-corrected chi connectivity index (χ2v) is 8.43. The third-order valence-corrected chi connectivity index (χ3v) is 6.13. The van der Waals surface area contributed by atoms with Gasteiger partial charge < -0.3 is 10.1 Å². The lowest BCUT2D eigenvalue weighted by molar-refractivity contribution is -0.126. The third kappa shape index (κ3) is 6.35. The number of nitrogens with zero attached hydrogens (tertiary/aromatic N) is 1. The van der Waals surface area contributed by atoms with Gasteiger partial charge in [-0.2, -0.15) is 0 Å². The Bertz CT molecular complexity index is 978. The van der Waals surface area contributed by atoms with Crippen molar-refractivity contribution in [2.24, 2.45) is 0 Å². The van der Waals surface area contributed by atoms with Gasteiger partial charge in [0.1, 0.15) is 12.6 Å². The van der Waals surface area contributed by atoms with E-state index in [1.165, 1.54) is 11.3 Å². The van der Waals surface area contributed by atoms with Crippen LogP contribution < -0.4 is 5.32 Å². The van der Waals surface area contributed by atoms with Gasteiger partial charge in [0.2, 0.25) is 5.91 Å². The van der Waals surface area contributed by atoms with E-state index in [0.717, 1.165) is 42.4 Å². The number of rotatable bonds is 8. The maximum absolute atomic E-state index is 13.7. The molecule has 1 aliphatic carbocycles. The molecule has 1 N–H and O–H groups in total. The highest BCUT2D eigenvalue weighted by molar-refractivity contribution is 5.88. The predicted octanol–water partition coefficient (Wildman–Crippen LogP) is 6.21. The first-order valence-electron chi connectivity index (χ1n) is 11.7. The lowest BCUT2D eigenvalue weighted by atomic mass is 9.94. The van der Waals surface area contributed by atoms with Gasteiger partial charge in [-0.25, -0.2) is 4.79 Å². The molecular formula is C28H34N2O3. The first-order chi connectivity index (χ1) is 16.0. The first-order valence-corrected chi connectivity index (χ1v) is 11.7. The van der Waals surface area contributed by atoms with Gasteiger partial charge in [0.15, 0.2) is 0 Å². The molecule has 1 saturated carbocycles. The standard InChI is InChI=1S/C28H34N2O3/c1-4-24(5-2)30(28(32)33-20-22-15-8-6-9-16-22)26(25-19-13-12-14-21(25)3)27(31)29-23-17-10-7-11-18-23/h4-6,8-9,12-16,19,23,26H,1,7,10-11,17-18,20H2,2-3H3,(H,29,31)/b24-5+. The molecule has 2 aromatic rings.